The second-order valence-corrected chi connectivity index (χ2v) is 10.8. The number of carbonyl (C=O) groups is 1. The van der Waals surface area contributed by atoms with Crippen LogP contribution in [-0.2, 0) is 9.53 Å². The molecule has 3 heteroatoms. The highest BCUT2D eigenvalue weighted by atomic mass is 16.6. The van der Waals surface area contributed by atoms with Crippen molar-refractivity contribution in [3.05, 3.63) is 0 Å². The second-order valence-electron chi connectivity index (χ2n) is 10.8. The molecule has 3 nitrogen and oxygen atoms in total. The molecule has 4 aliphatic carbocycles. The monoisotopic (exact) mass is 346 g/mol. The van der Waals surface area contributed by atoms with Gasteiger partial charge in [-0.15, -0.1) is 0 Å². The Morgan fingerprint density at radius 3 is 2.64 bits per heavy atom. The van der Waals surface area contributed by atoms with Gasteiger partial charge in [0, 0.05) is 11.3 Å². The summed E-state index contributed by atoms with van der Waals surface area (Å²) in [6, 6.07) is 0. The Kier molecular flexibility index (Phi) is 3.28. The number of Topliss-reactive ketones (excluding diaryl/α,β-unsaturated/α-hetero) is 1. The summed E-state index contributed by atoms with van der Waals surface area (Å²) < 4.78 is 6.43. The number of rotatable bonds is 1. The third kappa shape index (κ3) is 1.87. The van der Waals surface area contributed by atoms with Crippen LogP contribution in [0.2, 0.25) is 0 Å². The standard InChI is InChI=1S/C22H34O3/c1-12-9-17(13(2)23)20(3)7-6-16-15(19(12)20)10-18-22(25-18)8-5-14(24)11-21(16,22)4/h12,14-19,24H,5-11H2,1-4H3/t12?,14?,15?,16?,17?,18-,19?,20+,21+,22-/m0/s1. The van der Waals surface area contributed by atoms with E-state index in [0.717, 1.165) is 25.7 Å². The van der Waals surface area contributed by atoms with Crippen molar-refractivity contribution in [1.29, 1.82) is 0 Å². The number of epoxide rings is 1. The zero-order valence-electron chi connectivity index (χ0n) is 16.3. The average molecular weight is 347 g/mol. The number of ketones is 1. The molecule has 0 aromatic heterocycles. The van der Waals surface area contributed by atoms with Crippen molar-refractivity contribution in [3.8, 4) is 0 Å². The molecule has 6 unspecified atom stereocenters. The molecule has 1 spiro atoms. The fourth-order valence-electron chi connectivity index (χ4n) is 8.91. The first kappa shape index (κ1) is 16.7. The number of hydrogen-bond acceptors (Lipinski definition) is 3. The van der Waals surface area contributed by atoms with Crippen LogP contribution in [0.1, 0.15) is 72.6 Å². The van der Waals surface area contributed by atoms with E-state index in [4.69, 9.17) is 4.74 Å². The lowest BCUT2D eigenvalue weighted by Crippen LogP contribution is -2.59. The van der Waals surface area contributed by atoms with Crippen molar-refractivity contribution in [3.63, 3.8) is 0 Å². The van der Waals surface area contributed by atoms with Gasteiger partial charge in [-0.1, -0.05) is 20.8 Å². The number of carbonyl (C=O) groups excluding carboxylic acids is 1. The summed E-state index contributed by atoms with van der Waals surface area (Å²) in [5.74, 6) is 3.28. The van der Waals surface area contributed by atoms with Gasteiger partial charge in [0.05, 0.1) is 12.2 Å². The minimum absolute atomic E-state index is 0.0724. The van der Waals surface area contributed by atoms with Crippen LogP contribution in [0.3, 0.4) is 0 Å². The molecular weight excluding hydrogens is 312 g/mol. The summed E-state index contributed by atoms with van der Waals surface area (Å²) in [4.78, 5) is 12.4. The Morgan fingerprint density at radius 2 is 1.92 bits per heavy atom. The predicted molar refractivity (Wildman–Crippen MR) is 95.9 cm³/mol. The SMILES string of the molecule is CC(=O)C1CC(C)C2C3C[C@@H]4O[C@@]45CCC(O)C[C@]5(C)C3CC[C@]12C. The van der Waals surface area contributed by atoms with Crippen LogP contribution < -0.4 is 0 Å². The van der Waals surface area contributed by atoms with Crippen molar-refractivity contribution >= 4 is 5.78 Å². The Labute approximate surface area is 151 Å². The minimum atomic E-state index is -0.154. The lowest BCUT2D eigenvalue weighted by molar-refractivity contribution is -0.136. The predicted octanol–water partition coefficient (Wildman–Crippen LogP) is 3.97. The second kappa shape index (κ2) is 4.90. The quantitative estimate of drug-likeness (QED) is 0.731. The van der Waals surface area contributed by atoms with Gasteiger partial charge in [-0.05, 0) is 81.0 Å². The van der Waals surface area contributed by atoms with E-state index in [2.05, 4.69) is 20.8 Å². The number of ether oxygens (including phenoxy) is 1. The molecule has 4 saturated carbocycles. The Hall–Kier alpha value is -0.410. The lowest BCUT2D eigenvalue weighted by atomic mass is 9.44. The molecule has 1 N–H and O–H groups in total. The van der Waals surface area contributed by atoms with Gasteiger partial charge in [0.15, 0.2) is 0 Å². The summed E-state index contributed by atoms with van der Waals surface area (Å²) in [6.45, 7) is 9.04. The van der Waals surface area contributed by atoms with Crippen molar-refractivity contribution in [2.24, 2.45) is 40.4 Å². The Bertz CT molecular complexity index is 616. The molecule has 1 aliphatic heterocycles. The van der Waals surface area contributed by atoms with Crippen LogP contribution in [-0.4, -0.2) is 28.7 Å². The molecule has 0 bridgehead atoms. The maximum atomic E-state index is 12.4. The van der Waals surface area contributed by atoms with Crippen LogP contribution in [0.4, 0.5) is 0 Å². The summed E-state index contributed by atoms with van der Waals surface area (Å²) in [7, 11) is 0. The molecule has 10 atom stereocenters. The Balaban J connectivity index is 1.53. The first-order valence-electron chi connectivity index (χ1n) is 10.6. The summed E-state index contributed by atoms with van der Waals surface area (Å²) in [6.07, 6.45) is 7.81. The van der Waals surface area contributed by atoms with Crippen molar-refractivity contribution in [2.45, 2.75) is 90.4 Å². The van der Waals surface area contributed by atoms with Gasteiger partial charge >= 0.3 is 0 Å². The highest BCUT2D eigenvalue weighted by molar-refractivity contribution is 5.79. The molecule has 0 radical (unpaired) electrons. The topological polar surface area (TPSA) is 49.8 Å². The van der Waals surface area contributed by atoms with Gasteiger partial charge in [0.1, 0.15) is 11.4 Å². The van der Waals surface area contributed by atoms with E-state index in [1.165, 1.54) is 19.3 Å². The van der Waals surface area contributed by atoms with Crippen LogP contribution >= 0.6 is 0 Å². The third-order valence-corrected chi connectivity index (χ3v) is 9.84. The molecule has 0 aromatic rings. The molecule has 5 aliphatic rings. The van der Waals surface area contributed by atoms with E-state index in [9.17, 15) is 9.90 Å². The summed E-state index contributed by atoms with van der Waals surface area (Å²) >= 11 is 0. The van der Waals surface area contributed by atoms with E-state index in [1.807, 2.05) is 6.92 Å². The maximum Gasteiger partial charge on any atom is 0.133 e. The third-order valence-electron chi connectivity index (χ3n) is 9.84. The first-order chi connectivity index (χ1) is 11.7. The van der Waals surface area contributed by atoms with Gasteiger partial charge in [-0.25, -0.2) is 0 Å². The van der Waals surface area contributed by atoms with Gasteiger partial charge in [-0.3, -0.25) is 4.79 Å². The molecular formula is C22H34O3. The summed E-state index contributed by atoms with van der Waals surface area (Å²) in [5, 5.41) is 10.4. The van der Waals surface area contributed by atoms with Gasteiger partial charge < -0.3 is 9.84 Å². The van der Waals surface area contributed by atoms with Crippen molar-refractivity contribution in [1.82, 2.24) is 0 Å². The number of fused-ring (bicyclic) bond motifs is 4. The zero-order valence-corrected chi connectivity index (χ0v) is 16.3. The van der Waals surface area contributed by atoms with E-state index < -0.39 is 0 Å². The summed E-state index contributed by atoms with van der Waals surface area (Å²) in [5.41, 5.74) is 0.390. The Morgan fingerprint density at radius 1 is 1.16 bits per heavy atom. The lowest BCUT2D eigenvalue weighted by Gasteiger charge is -2.59. The van der Waals surface area contributed by atoms with E-state index >= 15 is 0 Å². The van der Waals surface area contributed by atoms with Crippen LogP contribution in [0, 0.1) is 40.4 Å². The highest BCUT2D eigenvalue weighted by Gasteiger charge is 2.76. The molecule has 5 rings (SSSR count). The van der Waals surface area contributed by atoms with E-state index in [-0.39, 0.29) is 28.5 Å². The number of aliphatic hydroxyl groups is 1. The van der Waals surface area contributed by atoms with E-state index in [1.54, 1.807) is 0 Å². The van der Waals surface area contributed by atoms with Crippen LogP contribution in [0.15, 0.2) is 0 Å². The number of hydrogen-bond donors (Lipinski definition) is 1. The van der Waals surface area contributed by atoms with Gasteiger partial charge in [0.25, 0.3) is 0 Å². The van der Waals surface area contributed by atoms with E-state index in [0.29, 0.717) is 35.6 Å². The van der Waals surface area contributed by atoms with Crippen LogP contribution in [0.5, 0.6) is 0 Å². The smallest absolute Gasteiger partial charge is 0.133 e. The largest absolute Gasteiger partial charge is 0.393 e. The fraction of sp³-hybridized carbons (Fsp3) is 0.955. The van der Waals surface area contributed by atoms with Crippen LogP contribution in [0.25, 0.3) is 0 Å². The maximum absolute atomic E-state index is 12.4. The molecule has 25 heavy (non-hydrogen) atoms. The molecule has 0 amide bonds. The molecule has 1 heterocycles. The fourth-order valence-corrected chi connectivity index (χ4v) is 8.91. The molecule has 0 aromatic carbocycles. The van der Waals surface area contributed by atoms with Crippen molar-refractivity contribution in [2.75, 3.05) is 0 Å². The number of aliphatic hydroxyl groups excluding tert-OH is 1. The minimum Gasteiger partial charge on any atom is -0.393 e. The molecule has 140 valence electrons. The first-order valence-corrected chi connectivity index (χ1v) is 10.6. The van der Waals surface area contributed by atoms with Crippen molar-refractivity contribution < 1.29 is 14.6 Å². The molecule has 5 fully saturated rings. The van der Waals surface area contributed by atoms with Gasteiger partial charge in [0.2, 0.25) is 0 Å². The molecule has 1 saturated heterocycles. The van der Waals surface area contributed by atoms with Gasteiger partial charge in [-0.2, -0.15) is 0 Å². The highest BCUT2D eigenvalue weighted by Crippen LogP contribution is 2.74. The average Bonchev–Trinajstić information content (AvgIpc) is 3.16. The zero-order chi connectivity index (χ0) is 17.8. The normalized spacial score (nSPS) is 62.4.